The Hall–Kier alpha value is -2.52. The Morgan fingerprint density at radius 1 is 1.25 bits per heavy atom. The Kier molecular flexibility index (Phi) is 8.20. The molecule has 1 unspecified atom stereocenters. The van der Waals surface area contributed by atoms with Crippen molar-refractivity contribution < 1.29 is 9.59 Å². The van der Waals surface area contributed by atoms with Gasteiger partial charge in [-0.3, -0.25) is 4.79 Å². The van der Waals surface area contributed by atoms with Crippen LogP contribution in [0.1, 0.15) is 26.3 Å². The second-order valence-corrected chi connectivity index (χ2v) is 9.46. The Morgan fingerprint density at radius 2 is 2.03 bits per heavy atom. The van der Waals surface area contributed by atoms with Crippen LogP contribution >= 0.6 is 23.4 Å². The molecule has 0 spiro atoms. The third kappa shape index (κ3) is 6.74. The van der Waals surface area contributed by atoms with Crippen molar-refractivity contribution in [2.75, 3.05) is 35.6 Å². The smallest absolute Gasteiger partial charge is 0.322 e. The van der Waals surface area contributed by atoms with Crippen molar-refractivity contribution in [1.82, 2.24) is 20.2 Å². The number of nitrogens with one attached hydrogen (secondary N) is 2. The first-order chi connectivity index (χ1) is 15.2. The fraction of sp³-hybridized carbons (Fsp3) is 0.455. The van der Waals surface area contributed by atoms with Crippen molar-refractivity contribution in [3.05, 3.63) is 41.0 Å². The fourth-order valence-electron chi connectivity index (χ4n) is 3.49. The molecule has 8 nitrogen and oxygen atoms in total. The van der Waals surface area contributed by atoms with Crippen LogP contribution in [0.15, 0.2) is 35.5 Å². The maximum Gasteiger partial charge on any atom is 0.322 e. The molecule has 1 saturated heterocycles. The fourth-order valence-corrected chi connectivity index (χ4v) is 4.38. The van der Waals surface area contributed by atoms with Crippen molar-refractivity contribution >= 4 is 46.8 Å². The molecule has 2 aromatic rings. The molecule has 3 rings (SSSR count). The summed E-state index contributed by atoms with van der Waals surface area (Å²) in [6.07, 6.45) is 0. The summed E-state index contributed by atoms with van der Waals surface area (Å²) in [7, 11) is 0. The standard InChI is InChI=1S/C22H29ClN6O2S/c1-14(2)24-20(30)13-32-21-26-18(23)11-19(27-21)28-8-9-29(16(4)12-28)22(31)25-17-7-5-6-15(3)10-17/h5-7,10-11,14,16H,8-9,12-13H2,1-4H3,(H,24,30)(H,25,31). The topological polar surface area (TPSA) is 90.5 Å². The van der Waals surface area contributed by atoms with Crippen molar-refractivity contribution in [2.45, 2.75) is 44.9 Å². The first-order valence-electron chi connectivity index (χ1n) is 10.6. The summed E-state index contributed by atoms with van der Waals surface area (Å²) in [6, 6.07) is 9.42. The molecule has 1 aliphatic heterocycles. The average molecular weight is 477 g/mol. The highest BCUT2D eigenvalue weighted by Gasteiger charge is 2.28. The molecular weight excluding hydrogens is 448 g/mol. The summed E-state index contributed by atoms with van der Waals surface area (Å²) in [4.78, 5) is 37.4. The number of thioether (sulfide) groups is 1. The monoisotopic (exact) mass is 476 g/mol. The number of aromatic nitrogens is 2. The molecule has 1 aromatic heterocycles. The van der Waals surface area contributed by atoms with Crippen LogP contribution in [0.5, 0.6) is 0 Å². The zero-order chi connectivity index (χ0) is 23.3. The molecule has 2 N–H and O–H groups in total. The summed E-state index contributed by atoms with van der Waals surface area (Å²) in [5, 5.41) is 6.61. The summed E-state index contributed by atoms with van der Waals surface area (Å²) in [5.41, 5.74) is 1.88. The molecule has 1 fully saturated rings. The lowest BCUT2D eigenvalue weighted by atomic mass is 10.2. The predicted octanol–water partition coefficient (Wildman–Crippen LogP) is 3.80. The number of carbonyl (C=O) groups excluding carboxylic acids is 2. The van der Waals surface area contributed by atoms with E-state index in [-0.39, 0.29) is 29.8 Å². The second-order valence-electron chi connectivity index (χ2n) is 8.13. The van der Waals surface area contributed by atoms with Gasteiger partial charge in [0.2, 0.25) is 5.91 Å². The average Bonchev–Trinajstić information content (AvgIpc) is 2.71. The van der Waals surface area contributed by atoms with Gasteiger partial charge in [-0.15, -0.1) is 0 Å². The van der Waals surface area contributed by atoms with Gasteiger partial charge in [0.1, 0.15) is 11.0 Å². The number of halogens is 1. The number of hydrogen-bond acceptors (Lipinski definition) is 6. The Balaban J connectivity index is 1.61. The van der Waals surface area contributed by atoms with Gasteiger partial charge in [0.05, 0.1) is 5.75 Å². The molecule has 0 radical (unpaired) electrons. The first-order valence-corrected chi connectivity index (χ1v) is 11.9. The van der Waals surface area contributed by atoms with Gasteiger partial charge in [-0.2, -0.15) is 0 Å². The molecule has 172 valence electrons. The zero-order valence-corrected chi connectivity index (χ0v) is 20.3. The molecule has 3 amide bonds. The van der Waals surface area contributed by atoms with Crippen molar-refractivity contribution in [3.63, 3.8) is 0 Å². The quantitative estimate of drug-likeness (QED) is 0.374. The third-order valence-corrected chi connectivity index (χ3v) is 5.97. The number of nitrogens with zero attached hydrogens (tertiary/aromatic N) is 4. The molecule has 0 saturated carbocycles. The van der Waals surface area contributed by atoms with Gasteiger partial charge in [0.15, 0.2) is 5.16 Å². The van der Waals surface area contributed by atoms with Gasteiger partial charge < -0.3 is 20.4 Å². The van der Waals surface area contributed by atoms with E-state index in [0.29, 0.717) is 35.8 Å². The Morgan fingerprint density at radius 3 is 2.72 bits per heavy atom. The van der Waals surface area contributed by atoms with Crippen LogP contribution in [0.2, 0.25) is 5.15 Å². The maximum atomic E-state index is 12.8. The summed E-state index contributed by atoms with van der Waals surface area (Å²) >= 11 is 7.47. The molecular formula is C22H29ClN6O2S. The number of aryl methyl sites for hydroxylation is 1. The molecule has 1 aliphatic rings. The first kappa shape index (κ1) is 24.1. The lowest BCUT2D eigenvalue weighted by Crippen LogP contribution is -2.55. The molecule has 0 aliphatic carbocycles. The van der Waals surface area contributed by atoms with E-state index in [1.807, 2.05) is 56.9 Å². The van der Waals surface area contributed by atoms with E-state index in [1.54, 1.807) is 6.07 Å². The number of anilines is 2. The Labute approximate surface area is 198 Å². The number of benzene rings is 1. The van der Waals surface area contributed by atoms with E-state index in [0.717, 1.165) is 11.3 Å². The summed E-state index contributed by atoms with van der Waals surface area (Å²) in [6.45, 7) is 9.63. The van der Waals surface area contributed by atoms with Crippen LogP contribution in [0.3, 0.4) is 0 Å². The molecule has 1 aromatic carbocycles. The lowest BCUT2D eigenvalue weighted by molar-refractivity contribution is -0.119. The minimum Gasteiger partial charge on any atom is -0.353 e. The number of piperazine rings is 1. The second kappa shape index (κ2) is 10.9. The highest BCUT2D eigenvalue weighted by molar-refractivity contribution is 7.99. The van der Waals surface area contributed by atoms with Crippen LogP contribution in [0, 0.1) is 6.92 Å². The van der Waals surface area contributed by atoms with E-state index in [9.17, 15) is 9.59 Å². The van der Waals surface area contributed by atoms with E-state index in [4.69, 9.17) is 11.6 Å². The van der Waals surface area contributed by atoms with Gasteiger partial charge in [0, 0.05) is 43.5 Å². The van der Waals surface area contributed by atoms with E-state index < -0.39 is 0 Å². The van der Waals surface area contributed by atoms with E-state index >= 15 is 0 Å². The van der Waals surface area contributed by atoms with E-state index in [1.165, 1.54) is 11.8 Å². The highest BCUT2D eigenvalue weighted by atomic mass is 35.5. The number of carbonyl (C=O) groups is 2. The van der Waals surface area contributed by atoms with Gasteiger partial charge in [-0.25, -0.2) is 14.8 Å². The molecule has 32 heavy (non-hydrogen) atoms. The molecule has 1 atom stereocenters. The number of urea groups is 1. The number of rotatable bonds is 6. The number of amides is 3. The Bertz CT molecular complexity index is 973. The van der Waals surface area contributed by atoms with Gasteiger partial charge >= 0.3 is 6.03 Å². The van der Waals surface area contributed by atoms with Crippen LogP contribution in [0.25, 0.3) is 0 Å². The van der Waals surface area contributed by atoms with Crippen LogP contribution < -0.4 is 15.5 Å². The van der Waals surface area contributed by atoms with Gasteiger partial charge in [0.25, 0.3) is 0 Å². The zero-order valence-electron chi connectivity index (χ0n) is 18.8. The lowest BCUT2D eigenvalue weighted by Gasteiger charge is -2.40. The largest absolute Gasteiger partial charge is 0.353 e. The highest BCUT2D eigenvalue weighted by Crippen LogP contribution is 2.24. The van der Waals surface area contributed by atoms with Crippen LogP contribution in [-0.4, -0.2) is 64.3 Å². The van der Waals surface area contributed by atoms with Gasteiger partial charge in [-0.1, -0.05) is 35.5 Å². The van der Waals surface area contributed by atoms with Crippen LogP contribution in [0.4, 0.5) is 16.3 Å². The molecule has 10 heteroatoms. The van der Waals surface area contributed by atoms with Crippen molar-refractivity contribution in [3.8, 4) is 0 Å². The van der Waals surface area contributed by atoms with E-state index in [2.05, 4.69) is 25.5 Å². The minimum atomic E-state index is -0.115. The third-order valence-electron chi connectivity index (χ3n) is 4.92. The predicted molar refractivity (Wildman–Crippen MR) is 130 cm³/mol. The number of hydrogen-bond donors (Lipinski definition) is 2. The minimum absolute atomic E-state index is 0.0183. The van der Waals surface area contributed by atoms with Crippen molar-refractivity contribution in [2.24, 2.45) is 0 Å². The molecule has 0 bridgehead atoms. The van der Waals surface area contributed by atoms with Crippen LogP contribution in [-0.2, 0) is 4.79 Å². The SMILES string of the molecule is Cc1cccc(NC(=O)N2CCN(c3cc(Cl)nc(SCC(=O)NC(C)C)n3)CC2C)c1. The molecule has 2 heterocycles. The summed E-state index contributed by atoms with van der Waals surface area (Å²) in [5.74, 6) is 0.848. The summed E-state index contributed by atoms with van der Waals surface area (Å²) < 4.78 is 0. The normalized spacial score (nSPS) is 16.2. The van der Waals surface area contributed by atoms with Crippen molar-refractivity contribution in [1.29, 1.82) is 0 Å². The maximum absolute atomic E-state index is 12.8. The van der Waals surface area contributed by atoms with Gasteiger partial charge in [-0.05, 0) is 45.4 Å².